The number of nitrogens with one attached hydrogen (secondary N) is 3. The van der Waals surface area contributed by atoms with Gasteiger partial charge in [0.05, 0.1) is 0 Å². The van der Waals surface area contributed by atoms with E-state index >= 15 is 0 Å². The third-order valence-electron chi connectivity index (χ3n) is 8.39. The van der Waals surface area contributed by atoms with Gasteiger partial charge in [0.1, 0.15) is 31.9 Å². The maximum absolute atomic E-state index is 12.7. The minimum atomic E-state index is -2.89. The Morgan fingerprint density at radius 1 is 0.862 bits per heavy atom. The molecule has 2 heterocycles. The number of nitrogens with zero attached hydrogens (tertiary/aromatic N) is 3. The fraction of sp³-hybridized carbons (Fsp3) is 0.614. The first-order valence-electron chi connectivity index (χ1n) is 22.3. The molecule has 0 aliphatic carbocycles. The van der Waals surface area contributed by atoms with E-state index in [1.807, 2.05) is 25.1 Å². The molecule has 2 unspecified atom stereocenters. The fourth-order valence-electron chi connectivity index (χ4n) is 5.41. The number of carbonyl (C=O) groups is 5. The molecule has 14 heteroatoms. The molecule has 326 valence electrons. The van der Waals surface area contributed by atoms with Crippen LogP contribution in [0.2, 0.25) is 0 Å². The van der Waals surface area contributed by atoms with Crippen molar-refractivity contribution in [2.75, 3.05) is 27.0 Å². The summed E-state index contributed by atoms with van der Waals surface area (Å²) in [5.41, 5.74) is 0.707. The van der Waals surface area contributed by atoms with Gasteiger partial charge < -0.3 is 36.9 Å². The van der Waals surface area contributed by atoms with Crippen molar-refractivity contribution in [1.29, 1.82) is 5.41 Å². The minimum absolute atomic E-state index is 0. The Labute approximate surface area is 356 Å². The molecule has 0 spiro atoms. The van der Waals surface area contributed by atoms with E-state index in [1.54, 1.807) is 24.3 Å². The molecule has 1 aromatic carbocycles. The molecule has 3 amide bonds. The highest BCUT2D eigenvalue weighted by Crippen LogP contribution is 2.16. The molecule has 1 saturated heterocycles. The summed E-state index contributed by atoms with van der Waals surface area (Å²) in [5.74, 6) is -3.61. The number of rotatable bonds is 8. The summed E-state index contributed by atoms with van der Waals surface area (Å²) >= 11 is 0. The van der Waals surface area contributed by atoms with Gasteiger partial charge in [-0.3, -0.25) is 35.2 Å². The fourth-order valence-corrected chi connectivity index (χ4v) is 5.41. The summed E-state index contributed by atoms with van der Waals surface area (Å²) < 4.78 is 62.3. The van der Waals surface area contributed by atoms with E-state index in [0.717, 1.165) is 57.8 Å². The van der Waals surface area contributed by atoms with E-state index in [2.05, 4.69) is 29.0 Å². The quantitative estimate of drug-likeness (QED) is 0.0769. The third-order valence-corrected chi connectivity index (χ3v) is 8.39. The highest BCUT2D eigenvalue weighted by molar-refractivity contribution is 6.01. The Bertz CT molecular complexity index is 1640. The van der Waals surface area contributed by atoms with Crippen LogP contribution >= 0.6 is 0 Å². The van der Waals surface area contributed by atoms with E-state index in [4.69, 9.17) is 34.3 Å². The monoisotopic (exact) mass is 818 g/mol. The molecule has 2 atom stereocenters. The number of aliphatic imine (C=N–C) groups is 1. The van der Waals surface area contributed by atoms with Crippen molar-refractivity contribution in [1.82, 2.24) is 20.4 Å². The van der Waals surface area contributed by atoms with Crippen molar-refractivity contribution in [3.8, 4) is 6.42 Å². The average Bonchev–Trinajstić information content (AvgIpc) is 3.21. The molecule has 3 rings (SSSR count). The summed E-state index contributed by atoms with van der Waals surface area (Å²) in [7, 11) is 0. The lowest BCUT2D eigenvalue weighted by atomic mass is 10.0. The van der Waals surface area contributed by atoms with Gasteiger partial charge in [0.15, 0.2) is 5.96 Å². The number of ether oxygens (including phenoxy) is 3. The molecule has 2 aliphatic heterocycles. The number of carbonyl (C=O) groups excluding carboxylic acids is 5. The van der Waals surface area contributed by atoms with Crippen LogP contribution < -0.4 is 10.6 Å². The predicted octanol–water partition coefficient (Wildman–Crippen LogP) is 7.86. The molecule has 0 radical (unpaired) electrons. The number of guanidine groups is 2. The molecule has 0 bridgehead atoms. The summed E-state index contributed by atoms with van der Waals surface area (Å²) in [6.45, 7) is -2.91. The molecule has 1 fully saturated rings. The van der Waals surface area contributed by atoms with Crippen molar-refractivity contribution in [3.63, 3.8) is 0 Å². The predicted molar refractivity (Wildman–Crippen MR) is 229 cm³/mol. The number of hydrogen-bond donors (Lipinski definition) is 3. The van der Waals surface area contributed by atoms with Crippen molar-refractivity contribution in [2.45, 2.75) is 150 Å². The number of amides is 3. The Kier molecular flexibility index (Phi) is 25.7. The van der Waals surface area contributed by atoms with E-state index < -0.39 is 74.9 Å². The molecule has 0 saturated carbocycles. The molecule has 0 aromatic heterocycles. The minimum Gasteiger partial charge on any atom is -0.697 e. The topological polar surface area (TPSA) is 180 Å². The normalized spacial score (nSPS) is 22.1. The third kappa shape index (κ3) is 25.9. The summed E-state index contributed by atoms with van der Waals surface area (Å²) in [4.78, 5) is 66.4. The molecular weight excluding hydrogens is 741 g/mol. The highest BCUT2D eigenvalue weighted by atomic mass is 16.6. The first-order valence-corrected chi connectivity index (χ1v) is 19.3. The van der Waals surface area contributed by atoms with E-state index in [1.165, 1.54) is 0 Å². The SMILES string of the molecule is C.C.[2H]C([2H])([2H])N1CC(=O)OC(CCCC)C/C=C/CCCC(=O)NC1=NC(=O)OCc1ccccc1.[2H]C([2H])([2H])N1CC(=O)OC(CCCC)CCCCCCC(=O)NC1=N.[C-]#C. The van der Waals surface area contributed by atoms with Crippen LogP contribution in [0, 0.1) is 18.3 Å². The van der Waals surface area contributed by atoms with E-state index in [-0.39, 0.29) is 40.4 Å². The van der Waals surface area contributed by atoms with Crippen LogP contribution in [0.4, 0.5) is 4.79 Å². The Morgan fingerprint density at radius 3 is 2.10 bits per heavy atom. The molecule has 58 heavy (non-hydrogen) atoms. The van der Waals surface area contributed by atoms with E-state index in [9.17, 15) is 24.0 Å². The van der Waals surface area contributed by atoms with Crippen LogP contribution in [0.3, 0.4) is 0 Å². The van der Waals surface area contributed by atoms with Crippen molar-refractivity contribution >= 4 is 41.8 Å². The summed E-state index contributed by atoms with van der Waals surface area (Å²) in [6, 6.07) is 8.86. The van der Waals surface area contributed by atoms with Gasteiger partial charge in [-0.05, 0) is 50.5 Å². The Balaban J connectivity index is 0. The second-order valence-corrected chi connectivity index (χ2v) is 13.2. The van der Waals surface area contributed by atoms with Gasteiger partial charge in [0, 0.05) is 41.4 Å². The number of cyclic esters (lactones) is 2. The Hall–Kier alpha value is -5.19. The van der Waals surface area contributed by atoms with Gasteiger partial charge in [0.2, 0.25) is 17.8 Å². The second-order valence-electron chi connectivity index (χ2n) is 13.2. The molecule has 14 nitrogen and oxygen atoms in total. The van der Waals surface area contributed by atoms with Gasteiger partial charge in [-0.2, -0.15) is 0 Å². The molecule has 2 aliphatic rings. The van der Waals surface area contributed by atoms with Crippen LogP contribution in [-0.4, -0.2) is 90.8 Å². The Morgan fingerprint density at radius 2 is 1.45 bits per heavy atom. The lowest BCUT2D eigenvalue weighted by Crippen LogP contribution is -2.45. The molecule has 3 N–H and O–H groups in total. The summed E-state index contributed by atoms with van der Waals surface area (Å²) in [6.07, 6.45) is 22.3. The number of hydrogen-bond acceptors (Lipinski definition) is 9. The van der Waals surface area contributed by atoms with Crippen molar-refractivity contribution < 1.29 is 46.4 Å². The van der Waals surface area contributed by atoms with Crippen molar-refractivity contribution in [2.24, 2.45) is 4.99 Å². The zero-order chi connectivity index (χ0) is 46.6. The number of esters is 2. The van der Waals surface area contributed by atoms with Gasteiger partial charge in [0.25, 0.3) is 0 Å². The number of allylic oxidation sites excluding steroid dienone is 1. The molecular formula is C44H71N6O8-. The highest BCUT2D eigenvalue weighted by Gasteiger charge is 2.21. The number of benzene rings is 1. The maximum Gasteiger partial charge on any atom is 0.437 e. The largest absolute Gasteiger partial charge is 0.697 e. The van der Waals surface area contributed by atoms with Gasteiger partial charge >= 0.3 is 18.0 Å². The van der Waals surface area contributed by atoms with Crippen LogP contribution in [-0.2, 0) is 40.0 Å². The number of unbranched alkanes of at least 4 members (excludes halogenated alkanes) is 2. The zero-order valence-electron chi connectivity index (χ0n) is 38.8. The van der Waals surface area contributed by atoms with Crippen molar-refractivity contribution in [3.05, 3.63) is 54.5 Å². The first kappa shape index (κ1) is 43.9. The van der Waals surface area contributed by atoms with Gasteiger partial charge in [-0.25, -0.2) is 4.79 Å². The van der Waals surface area contributed by atoms with Gasteiger partial charge in [-0.1, -0.05) is 110 Å². The second kappa shape index (κ2) is 33.9. The van der Waals surface area contributed by atoms with Crippen LogP contribution in [0.1, 0.15) is 145 Å². The maximum atomic E-state index is 12.7. The van der Waals surface area contributed by atoms with Crippen LogP contribution in [0.5, 0.6) is 0 Å². The number of terminal acetylenes is 1. The molecule has 1 aromatic rings. The zero-order valence-corrected chi connectivity index (χ0v) is 32.8. The van der Waals surface area contributed by atoms with Crippen LogP contribution in [0.25, 0.3) is 0 Å². The summed E-state index contributed by atoms with van der Waals surface area (Å²) in [5, 5.41) is 12.5. The standard InChI is InChI=1S/C24H33N3O5.C16H29N3O3.C2H.2CH4/c1-3-4-14-20-15-10-5-6-11-16-21(28)25-23(27(2)17-22(29)32-20)26-24(30)31-18-19-12-8-7-9-13-19;1-3-4-9-13-10-7-5-6-8-11-14(20)18-16(17)19(2)12-15(21)22-13;1-2;;/h5,7-10,12-13,20H,3-4,6,11,14-18H2,1-2H3,(H,25,26,28,30);13H,3-12H2,1-2H3,(H2,17,18,20);1H;2*1H4/q;;-1;;/b10-5+;;;;/i2*2D3;;;. The lowest BCUT2D eigenvalue weighted by molar-refractivity contribution is -0.150. The smallest absolute Gasteiger partial charge is 0.437 e. The average molecular weight is 818 g/mol. The van der Waals surface area contributed by atoms with Gasteiger partial charge in [-0.15, -0.1) is 4.99 Å². The van der Waals surface area contributed by atoms with Crippen LogP contribution in [0.15, 0.2) is 47.5 Å². The lowest BCUT2D eigenvalue weighted by Gasteiger charge is -2.23. The first-order chi connectivity index (χ1) is 29.4. The number of likely N-dealkylation sites (N-methyl/N-ethyl adjacent to an activating group) is 2. The van der Waals surface area contributed by atoms with E-state index in [0.29, 0.717) is 47.5 Å².